The zero-order valence-electron chi connectivity index (χ0n) is 9.03. The highest BCUT2D eigenvalue weighted by atomic mass is 16.3. The van der Waals surface area contributed by atoms with Crippen LogP contribution in [0.2, 0.25) is 0 Å². The van der Waals surface area contributed by atoms with Crippen LogP contribution in [0.3, 0.4) is 0 Å². The number of piperidine rings is 1. The Hall–Kier alpha value is -0.610. The summed E-state index contributed by atoms with van der Waals surface area (Å²) in [5.74, 6) is 0.216. The van der Waals surface area contributed by atoms with Gasteiger partial charge in [-0.2, -0.15) is 0 Å². The third-order valence-electron chi connectivity index (χ3n) is 3.14. The van der Waals surface area contributed by atoms with Gasteiger partial charge in [-0.25, -0.2) is 0 Å². The molecule has 0 aromatic heterocycles. The molecule has 1 heterocycles. The van der Waals surface area contributed by atoms with Crippen molar-refractivity contribution in [2.45, 2.75) is 51.3 Å². The lowest BCUT2D eigenvalue weighted by molar-refractivity contribution is 0.00896. The first-order valence-corrected chi connectivity index (χ1v) is 5.35. The maximum atomic E-state index is 9.72. The number of hydrogen-bond acceptors (Lipinski definition) is 3. The van der Waals surface area contributed by atoms with Crippen LogP contribution < -0.4 is 5.73 Å². The van der Waals surface area contributed by atoms with Crippen molar-refractivity contribution < 1.29 is 5.11 Å². The Morgan fingerprint density at radius 1 is 1.71 bits per heavy atom. The van der Waals surface area contributed by atoms with Gasteiger partial charge in [0.15, 0.2) is 0 Å². The molecule has 4 nitrogen and oxygen atoms in total. The van der Waals surface area contributed by atoms with Crippen LogP contribution >= 0.6 is 0 Å². The van der Waals surface area contributed by atoms with Gasteiger partial charge in [0.2, 0.25) is 0 Å². The van der Waals surface area contributed by atoms with Gasteiger partial charge in [0.05, 0.1) is 12.1 Å². The topological polar surface area (TPSA) is 73.3 Å². The molecule has 1 saturated heterocycles. The first-order valence-electron chi connectivity index (χ1n) is 5.35. The van der Waals surface area contributed by atoms with Crippen molar-refractivity contribution in [3.8, 4) is 0 Å². The lowest BCUT2D eigenvalue weighted by atomic mass is 9.97. The summed E-state index contributed by atoms with van der Waals surface area (Å²) in [6, 6.07) is 0.123. The Morgan fingerprint density at radius 2 is 2.36 bits per heavy atom. The number of rotatable bonds is 3. The van der Waals surface area contributed by atoms with E-state index in [0.717, 1.165) is 25.8 Å². The number of amidine groups is 1. The monoisotopic (exact) mass is 199 g/mol. The molecule has 0 bridgehead atoms. The fourth-order valence-electron chi connectivity index (χ4n) is 2.22. The van der Waals surface area contributed by atoms with Gasteiger partial charge in [0, 0.05) is 6.04 Å². The lowest BCUT2D eigenvalue weighted by Crippen LogP contribution is -2.55. The second kappa shape index (κ2) is 4.75. The van der Waals surface area contributed by atoms with Gasteiger partial charge in [-0.05, 0) is 32.7 Å². The Kier molecular flexibility index (Phi) is 3.89. The van der Waals surface area contributed by atoms with Crippen LogP contribution in [-0.2, 0) is 0 Å². The molecule has 0 radical (unpaired) electrons. The second-order valence-electron chi connectivity index (χ2n) is 4.07. The second-order valence-corrected chi connectivity index (χ2v) is 4.07. The van der Waals surface area contributed by atoms with E-state index < -0.39 is 0 Å². The van der Waals surface area contributed by atoms with Gasteiger partial charge >= 0.3 is 0 Å². The van der Waals surface area contributed by atoms with Crippen molar-refractivity contribution in [2.24, 2.45) is 5.73 Å². The van der Waals surface area contributed by atoms with Crippen LogP contribution in [-0.4, -0.2) is 40.6 Å². The lowest BCUT2D eigenvalue weighted by Gasteiger charge is -2.41. The molecule has 14 heavy (non-hydrogen) atoms. The van der Waals surface area contributed by atoms with Gasteiger partial charge in [-0.1, -0.05) is 6.92 Å². The molecule has 3 unspecified atom stereocenters. The summed E-state index contributed by atoms with van der Waals surface area (Å²) < 4.78 is 0. The van der Waals surface area contributed by atoms with E-state index in [1.165, 1.54) is 0 Å². The fraction of sp³-hybridized carbons (Fsp3) is 0.900. The summed E-state index contributed by atoms with van der Waals surface area (Å²) in [6.45, 7) is 4.98. The Balaban J connectivity index is 2.68. The summed E-state index contributed by atoms with van der Waals surface area (Å²) in [5.41, 5.74) is 5.55. The van der Waals surface area contributed by atoms with Crippen LogP contribution in [0, 0.1) is 5.41 Å². The minimum Gasteiger partial charge on any atom is -0.392 e. The smallest absolute Gasteiger partial charge is 0.108 e. The molecule has 82 valence electrons. The molecule has 1 aliphatic heterocycles. The average molecular weight is 199 g/mol. The van der Waals surface area contributed by atoms with Gasteiger partial charge in [-0.3, -0.25) is 10.3 Å². The highest BCUT2D eigenvalue weighted by Gasteiger charge is 2.31. The van der Waals surface area contributed by atoms with E-state index in [0.29, 0.717) is 0 Å². The van der Waals surface area contributed by atoms with Gasteiger partial charge in [0.1, 0.15) is 5.84 Å². The van der Waals surface area contributed by atoms with Crippen LogP contribution in [0.15, 0.2) is 0 Å². The molecule has 1 aliphatic rings. The summed E-state index contributed by atoms with van der Waals surface area (Å²) >= 11 is 0. The number of aliphatic hydroxyl groups excluding tert-OH is 1. The molecule has 4 heteroatoms. The van der Waals surface area contributed by atoms with Crippen LogP contribution in [0.4, 0.5) is 0 Å². The molecular formula is C10H21N3O. The Bertz CT molecular complexity index is 208. The molecule has 0 aromatic rings. The number of likely N-dealkylation sites (tertiary alicyclic amines) is 1. The van der Waals surface area contributed by atoms with Crippen molar-refractivity contribution in [3.05, 3.63) is 0 Å². The summed E-state index contributed by atoms with van der Waals surface area (Å²) in [4.78, 5) is 2.15. The van der Waals surface area contributed by atoms with Crippen LogP contribution in [0.5, 0.6) is 0 Å². The summed E-state index contributed by atoms with van der Waals surface area (Å²) in [5, 5.41) is 17.2. The number of nitrogens with zero attached hydrogens (tertiary/aromatic N) is 1. The zero-order chi connectivity index (χ0) is 10.7. The van der Waals surface area contributed by atoms with Crippen molar-refractivity contribution in [1.29, 1.82) is 5.41 Å². The first-order chi connectivity index (χ1) is 6.57. The van der Waals surface area contributed by atoms with E-state index in [2.05, 4.69) is 4.90 Å². The number of aliphatic hydroxyl groups is 1. The molecule has 0 saturated carbocycles. The van der Waals surface area contributed by atoms with Crippen LogP contribution in [0.25, 0.3) is 0 Å². The van der Waals surface area contributed by atoms with Gasteiger partial charge < -0.3 is 10.8 Å². The maximum absolute atomic E-state index is 9.72. The molecule has 1 fully saturated rings. The molecule has 0 aromatic carbocycles. The zero-order valence-corrected chi connectivity index (χ0v) is 9.03. The minimum absolute atomic E-state index is 0.0000463. The Morgan fingerprint density at radius 3 is 2.86 bits per heavy atom. The normalized spacial score (nSPS) is 31.4. The quantitative estimate of drug-likeness (QED) is 0.459. The van der Waals surface area contributed by atoms with Gasteiger partial charge in [0.25, 0.3) is 0 Å². The van der Waals surface area contributed by atoms with Crippen LogP contribution in [0.1, 0.15) is 33.1 Å². The maximum Gasteiger partial charge on any atom is 0.108 e. The van der Waals surface area contributed by atoms with Crippen molar-refractivity contribution in [3.63, 3.8) is 0 Å². The SMILES string of the molecule is CCC(C(=N)N)N1CCCC(O)C1C. The molecular weight excluding hydrogens is 178 g/mol. The Labute approximate surface area is 85.6 Å². The predicted octanol–water partition coefficient (Wildman–Crippen LogP) is 0.546. The molecule has 3 atom stereocenters. The van der Waals surface area contributed by atoms with E-state index in [1.54, 1.807) is 0 Å². The van der Waals surface area contributed by atoms with E-state index in [4.69, 9.17) is 11.1 Å². The van der Waals surface area contributed by atoms with E-state index >= 15 is 0 Å². The molecule has 0 amide bonds. The number of nitrogens with one attached hydrogen (secondary N) is 1. The molecule has 1 rings (SSSR count). The summed E-state index contributed by atoms with van der Waals surface area (Å²) in [6.07, 6.45) is 2.44. The highest BCUT2D eigenvalue weighted by molar-refractivity contribution is 5.82. The fourth-order valence-corrected chi connectivity index (χ4v) is 2.22. The third kappa shape index (κ3) is 2.25. The third-order valence-corrected chi connectivity index (χ3v) is 3.14. The van der Waals surface area contributed by atoms with E-state index in [1.807, 2.05) is 13.8 Å². The van der Waals surface area contributed by atoms with Crippen molar-refractivity contribution in [2.75, 3.05) is 6.54 Å². The van der Waals surface area contributed by atoms with Gasteiger partial charge in [-0.15, -0.1) is 0 Å². The number of hydrogen-bond donors (Lipinski definition) is 3. The standard InChI is InChI=1S/C10H21N3O/c1-3-8(10(11)12)13-6-4-5-9(14)7(13)2/h7-9,14H,3-6H2,1-2H3,(H3,11,12). The molecule has 4 N–H and O–H groups in total. The highest BCUT2D eigenvalue weighted by Crippen LogP contribution is 2.20. The molecule has 0 spiro atoms. The average Bonchev–Trinajstić information content (AvgIpc) is 2.13. The van der Waals surface area contributed by atoms with E-state index in [9.17, 15) is 5.11 Å². The predicted molar refractivity (Wildman–Crippen MR) is 57.4 cm³/mol. The van der Waals surface area contributed by atoms with Crippen molar-refractivity contribution in [1.82, 2.24) is 4.90 Å². The first kappa shape index (κ1) is 11.5. The van der Waals surface area contributed by atoms with Crippen molar-refractivity contribution >= 4 is 5.84 Å². The molecule has 0 aliphatic carbocycles. The summed E-state index contributed by atoms with van der Waals surface area (Å²) in [7, 11) is 0. The number of nitrogens with two attached hydrogens (primary N) is 1. The largest absolute Gasteiger partial charge is 0.392 e. The minimum atomic E-state index is -0.267. The van der Waals surface area contributed by atoms with E-state index in [-0.39, 0.29) is 24.0 Å².